The third kappa shape index (κ3) is 1.68. The first kappa shape index (κ1) is 9.66. The van der Waals surface area contributed by atoms with Crippen LogP contribution in [0, 0.1) is 0 Å². The average Bonchev–Trinajstić information content (AvgIpc) is 2.60. The molecular formula is C8H12N6O. The van der Waals surface area contributed by atoms with E-state index in [1.807, 2.05) is 11.9 Å². The highest BCUT2D eigenvalue weighted by Crippen LogP contribution is 2.06. The summed E-state index contributed by atoms with van der Waals surface area (Å²) in [5.41, 5.74) is 5.60. The van der Waals surface area contributed by atoms with E-state index in [-0.39, 0.29) is 5.69 Å². The number of nitrogens with two attached hydrogens (primary N) is 1. The second-order valence-electron chi connectivity index (χ2n) is 3.20. The van der Waals surface area contributed by atoms with E-state index in [9.17, 15) is 4.79 Å². The Labute approximate surface area is 85.5 Å². The van der Waals surface area contributed by atoms with Crippen LogP contribution >= 0.6 is 0 Å². The number of hydrogen-bond donors (Lipinski definition) is 2. The van der Waals surface area contributed by atoms with Crippen molar-refractivity contribution in [3.05, 3.63) is 22.6 Å². The van der Waals surface area contributed by atoms with E-state index < -0.39 is 0 Å². The Kier molecular flexibility index (Phi) is 2.38. The minimum atomic E-state index is -0.340. The summed E-state index contributed by atoms with van der Waals surface area (Å²) in [5, 5.41) is 10.2. The van der Waals surface area contributed by atoms with E-state index in [4.69, 9.17) is 5.73 Å². The van der Waals surface area contributed by atoms with E-state index in [1.165, 1.54) is 4.52 Å². The second kappa shape index (κ2) is 3.70. The van der Waals surface area contributed by atoms with Gasteiger partial charge in [-0.15, -0.1) is 5.10 Å². The van der Waals surface area contributed by atoms with Crippen molar-refractivity contribution in [1.82, 2.24) is 19.8 Å². The number of nitrogens with zero attached hydrogens (tertiary/aromatic N) is 4. The molecule has 0 saturated heterocycles. The van der Waals surface area contributed by atoms with Crippen LogP contribution in [-0.2, 0) is 0 Å². The predicted octanol–water partition coefficient (Wildman–Crippen LogP) is -1.19. The molecule has 2 aromatic rings. The van der Waals surface area contributed by atoms with Crippen LogP contribution in [0.15, 0.2) is 16.9 Å². The molecule has 0 aliphatic rings. The van der Waals surface area contributed by atoms with E-state index in [1.54, 1.807) is 12.1 Å². The molecule has 0 saturated carbocycles. The first-order valence-corrected chi connectivity index (χ1v) is 4.58. The molecular weight excluding hydrogens is 196 g/mol. The van der Waals surface area contributed by atoms with E-state index in [2.05, 4.69) is 15.3 Å². The normalized spacial score (nSPS) is 10.8. The lowest BCUT2D eigenvalue weighted by Crippen LogP contribution is -2.27. The van der Waals surface area contributed by atoms with E-state index >= 15 is 0 Å². The van der Waals surface area contributed by atoms with Crippen LogP contribution < -0.4 is 16.3 Å². The Balaban J connectivity index is 2.45. The van der Waals surface area contributed by atoms with Gasteiger partial charge in [-0.3, -0.25) is 0 Å². The molecule has 0 aromatic carbocycles. The number of nitrogens with one attached hydrogen (secondary N) is 1. The van der Waals surface area contributed by atoms with E-state index in [0.29, 0.717) is 24.6 Å². The zero-order chi connectivity index (χ0) is 10.8. The summed E-state index contributed by atoms with van der Waals surface area (Å²) in [4.78, 5) is 13.1. The molecule has 80 valence electrons. The Bertz CT molecular complexity index is 515. The van der Waals surface area contributed by atoms with Crippen LogP contribution in [0.2, 0.25) is 0 Å². The zero-order valence-corrected chi connectivity index (χ0v) is 8.34. The SMILES string of the molecule is CN(CCN)c1ccc2n[nH]c(=O)n2n1. The molecule has 0 radical (unpaired) electrons. The molecule has 15 heavy (non-hydrogen) atoms. The fraction of sp³-hybridized carbons (Fsp3) is 0.375. The maximum Gasteiger partial charge on any atom is 0.364 e. The van der Waals surface area contributed by atoms with Crippen LogP contribution in [0.5, 0.6) is 0 Å². The minimum absolute atomic E-state index is 0.340. The maximum absolute atomic E-state index is 11.3. The number of H-pyrrole nitrogens is 1. The first-order chi connectivity index (χ1) is 7.22. The highest BCUT2D eigenvalue weighted by molar-refractivity contribution is 5.44. The largest absolute Gasteiger partial charge is 0.364 e. The second-order valence-corrected chi connectivity index (χ2v) is 3.20. The molecule has 2 aromatic heterocycles. The van der Waals surface area contributed by atoms with Gasteiger partial charge in [-0.1, -0.05) is 0 Å². The van der Waals surface area contributed by atoms with Crippen molar-refractivity contribution in [3.8, 4) is 0 Å². The van der Waals surface area contributed by atoms with Crippen LogP contribution in [0.4, 0.5) is 5.82 Å². The van der Waals surface area contributed by atoms with Gasteiger partial charge in [0.15, 0.2) is 5.65 Å². The summed E-state index contributed by atoms with van der Waals surface area (Å²) in [6.07, 6.45) is 0. The zero-order valence-electron chi connectivity index (χ0n) is 8.34. The summed E-state index contributed by atoms with van der Waals surface area (Å²) >= 11 is 0. The number of hydrogen-bond acceptors (Lipinski definition) is 5. The van der Waals surface area contributed by atoms with Gasteiger partial charge in [0, 0.05) is 20.1 Å². The lowest BCUT2D eigenvalue weighted by atomic mass is 10.4. The van der Waals surface area contributed by atoms with Crippen LogP contribution in [0.1, 0.15) is 0 Å². The highest BCUT2D eigenvalue weighted by Gasteiger charge is 2.05. The number of aromatic nitrogens is 4. The first-order valence-electron chi connectivity index (χ1n) is 4.58. The molecule has 0 fully saturated rings. The molecule has 0 unspecified atom stereocenters. The summed E-state index contributed by atoms with van der Waals surface area (Å²) in [5.74, 6) is 0.691. The van der Waals surface area contributed by atoms with Gasteiger partial charge in [-0.05, 0) is 12.1 Å². The summed E-state index contributed by atoms with van der Waals surface area (Å²) in [6, 6.07) is 3.53. The van der Waals surface area contributed by atoms with Gasteiger partial charge in [0.2, 0.25) is 0 Å². The van der Waals surface area contributed by atoms with Gasteiger partial charge in [-0.2, -0.15) is 9.61 Å². The minimum Gasteiger partial charge on any atom is -0.357 e. The number of fused-ring (bicyclic) bond motifs is 1. The van der Waals surface area contributed by atoms with Crippen LogP contribution in [0.3, 0.4) is 0 Å². The Morgan fingerprint density at radius 3 is 3.13 bits per heavy atom. The maximum atomic E-state index is 11.3. The molecule has 0 amide bonds. The third-order valence-corrected chi connectivity index (χ3v) is 2.12. The van der Waals surface area contributed by atoms with Gasteiger partial charge in [-0.25, -0.2) is 9.89 Å². The van der Waals surface area contributed by atoms with Gasteiger partial charge >= 0.3 is 5.69 Å². The molecule has 7 heteroatoms. The van der Waals surface area contributed by atoms with Crippen molar-refractivity contribution in [2.45, 2.75) is 0 Å². The summed E-state index contributed by atoms with van der Waals surface area (Å²) in [7, 11) is 1.87. The summed E-state index contributed by atoms with van der Waals surface area (Å²) in [6.45, 7) is 1.22. The van der Waals surface area contributed by atoms with Crippen molar-refractivity contribution in [2.75, 3.05) is 25.0 Å². The third-order valence-electron chi connectivity index (χ3n) is 2.12. The molecule has 3 N–H and O–H groups in total. The predicted molar refractivity (Wildman–Crippen MR) is 55.9 cm³/mol. The Morgan fingerprint density at radius 2 is 2.40 bits per heavy atom. The molecule has 0 spiro atoms. The molecule has 0 aliphatic heterocycles. The van der Waals surface area contributed by atoms with Crippen molar-refractivity contribution in [2.24, 2.45) is 5.73 Å². The Morgan fingerprint density at radius 1 is 1.60 bits per heavy atom. The number of likely N-dealkylation sites (N-methyl/N-ethyl adjacent to an activating group) is 1. The smallest absolute Gasteiger partial charge is 0.357 e. The van der Waals surface area contributed by atoms with Crippen LogP contribution in [-0.4, -0.2) is 39.9 Å². The lowest BCUT2D eigenvalue weighted by Gasteiger charge is -2.15. The van der Waals surface area contributed by atoms with Crippen molar-refractivity contribution >= 4 is 11.5 Å². The van der Waals surface area contributed by atoms with Gasteiger partial charge < -0.3 is 10.6 Å². The topological polar surface area (TPSA) is 92.3 Å². The standard InChI is InChI=1S/C8H12N6O/c1-13(5-4-9)7-3-2-6-10-11-8(15)14(6)12-7/h2-3H,4-5,9H2,1H3,(H,11,15). The molecule has 0 aliphatic carbocycles. The highest BCUT2D eigenvalue weighted by atomic mass is 16.2. The summed E-state index contributed by atoms with van der Waals surface area (Å²) < 4.78 is 1.22. The van der Waals surface area contributed by atoms with Gasteiger partial charge in [0.05, 0.1) is 0 Å². The van der Waals surface area contributed by atoms with Crippen molar-refractivity contribution in [1.29, 1.82) is 0 Å². The quantitative estimate of drug-likeness (QED) is 0.661. The molecule has 0 atom stereocenters. The van der Waals surface area contributed by atoms with Crippen LogP contribution in [0.25, 0.3) is 5.65 Å². The van der Waals surface area contributed by atoms with Crippen molar-refractivity contribution < 1.29 is 0 Å². The number of anilines is 1. The lowest BCUT2D eigenvalue weighted by molar-refractivity contribution is 0.813. The fourth-order valence-corrected chi connectivity index (χ4v) is 1.31. The number of aromatic amines is 1. The van der Waals surface area contributed by atoms with Gasteiger partial charge in [0.25, 0.3) is 0 Å². The number of rotatable bonds is 3. The molecule has 0 bridgehead atoms. The monoisotopic (exact) mass is 208 g/mol. The van der Waals surface area contributed by atoms with Gasteiger partial charge in [0.1, 0.15) is 5.82 Å². The Hall–Kier alpha value is -1.89. The molecule has 7 nitrogen and oxygen atoms in total. The molecule has 2 heterocycles. The van der Waals surface area contributed by atoms with E-state index in [0.717, 1.165) is 0 Å². The average molecular weight is 208 g/mol. The fourth-order valence-electron chi connectivity index (χ4n) is 1.31. The van der Waals surface area contributed by atoms with Crippen molar-refractivity contribution in [3.63, 3.8) is 0 Å². The molecule has 2 rings (SSSR count).